The first-order valence-corrected chi connectivity index (χ1v) is 9.38. The molecule has 26 heavy (non-hydrogen) atoms. The van der Waals surface area contributed by atoms with Crippen LogP contribution in [0.4, 0.5) is 0 Å². The second kappa shape index (κ2) is 6.94. The van der Waals surface area contributed by atoms with Gasteiger partial charge in [-0.25, -0.2) is 4.98 Å². The number of aromatic nitrogens is 2. The Morgan fingerprint density at radius 1 is 1.15 bits per heavy atom. The second-order valence-corrected chi connectivity index (χ2v) is 7.38. The monoisotopic (exact) mass is 381 g/mol. The third kappa shape index (κ3) is 3.23. The molecule has 0 aliphatic rings. The van der Waals surface area contributed by atoms with Gasteiger partial charge in [-0.3, -0.25) is 9.20 Å². The molecule has 0 aliphatic heterocycles. The maximum atomic E-state index is 12.6. The fraction of sp³-hybridized carbons (Fsp3) is 0.100. The molecule has 2 aromatic heterocycles. The SMILES string of the molecule is Cc1c(C(=O)NCc2ccc(Cl)cc2)sc2nc(-c3ccccc3)cn12. The van der Waals surface area contributed by atoms with E-state index < -0.39 is 0 Å². The molecule has 1 amide bonds. The molecule has 0 spiro atoms. The number of halogens is 1. The van der Waals surface area contributed by atoms with Gasteiger partial charge >= 0.3 is 0 Å². The smallest absolute Gasteiger partial charge is 0.263 e. The number of hydrogen-bond donors (Lipinski definition) is 1. The average Bonchev–Trinajstić information content (AvgIpc) is 3.21. The predicted molar refractivity (Wildman–Crippen MR) is 106 cm³/mol. The van der Waals surface area contributed by atoms with Crippen molar-refractivity contribution in [2.75, 3.05) is 0 Å². The second-order valence-electron chi connectivity index (χ2n) is 5.97. The van der Waals surface area contributed by atoms with Crippen LogP contribution >= 0.6 is 22.9 Å². The van der Waals surface area contributed by atoms with Gasteiger partial charge in [-0.1, -0.05) is 65.4 Å². The summed E-state index contributed by atoms with van der Waals surface area (Å²) in [6.45, 7) is 2.40. The number of thiazole rings is 1. The van der Waals surface area contributed by atoms with E-state index in [9.17, 15) is 4.79 Å². The van der Waals surface area contributed by atoms with Crippen LogP contribution in [0.2, 0.25) is 5.02 Å². The predicted octanol–water partition coefficient (Wildman–Crippen LogP) is 4.95. The molecule has 2 heterocycles. The van der Waals surface area contributed by atoms with Crippen LogP contribution in [-0.4, -0.2) is 15.3 Å². The first-order chi connectivity index (χ1) is 12.6. The van der Waals surface area contributed by atoms with Crippen molar-refractivity contribution in [3.63, 3.8) is 0 Å². The Morgan fingerprint density at radius 2 is 1.88 bits per heavy atom. The Hall–Kier alpha value is -2.63. The number of nitrogens with zero attached hydrogens (tertiary/aromatic N) is 2. The number of hydrogen-bond acceptors (Lipinski definition) is 3. The van der Waals surface area contributed by atoms with Crippen molar-refractivity contribution in [3.05, 3.63) is 82.0 Å². The molecule has 0 saturated heterocycles. The molecule has 4 nitrogen and oxygen atoms in total. The highest BCUT2D eigenvalue weighted by Gasteiger charge is 2.17. The summed E-state index contributed by atoms with van der Waals surface area (Å²) >= 11 is 7.29. The van der Waals surface area contributed by atoms with Crippen LogP contribution in [0.1, 0.15) is 20.9 Å². The number of aryl methyl sites for hydroxylation is 1. The first-order valence-electron chi connectivity index (χ1n) is 8.18. The Labute approximate surface area is 160 Å². The van der Waals surface area contributed by atoms with Gasteiger partial charge in [-0.05, 0) is 24.6 Å². The molecule has 0 atom stereocenters. The van der Waals surface area contributed by atoms with E-state index in [0.29, 0.717) is 16.4 Å². The molecule has 0 unspecified atom stereocenters. The number of imidazole rings is 1. The number of carbonyl (C=O) groups is 1. The highest BCUT2D eigenvalue weighted by Crippen LogP contribution is 2.27. The molecule has 6 heteroatoms. The van der Waals surface area contributed by atoms with Gasteiger partial charge in [0, 0.05) is 29.0 Å². The van der Waals surface area contributed by atoms with Crippen LogP contribution in [0.3, 0.4) is 0 Å². The number of carbonyl (C=O) groups excluding carboxylic acids is 1. The number of rotatable bonds is 4. The van der Waals surface area contributed by atoms with Crippen molar-refractivity contribution in [1.82, 2.24) is 14.7 Å². The average molecular weight is 382 g/mol. The lowest BCUT2D eigenvalue weighted by Gasteiger charge is -2.05. The van der Waals surface area contributed by atoms with Gasteiger partial charge in [-0.15, -0.1) is 0 Å². The lowest BCUT2D eigenvalue weighted by molar-refractivity contribution is 0.0954. The van der Waals surface area contributed by atoms with Crippen LogP contribution in [0.5, 0.6) is 0 Å². The zero-order valence-electron chi connectivity index (χ0n) is 14.1. The molecule has 4 aromatic rings. The van der Waals surface area contributed by atoms with E-state index in [1.807, 2.05) is 72.1 Å². The van der Waals surface area contributed by atoms with Crippen molar-refractivity contribution in [2.45, 2.75) is 13.5 Å². The Morgan fingerprint density at radius 3 is 2.58 bits per heavy atom. The molecule has 0 saturated carbocycles. The minimum absolute atomic E-state index is 0.0887. The Bertz CT molecular complexity index is 1070. The van der Waals surface area contributed by atoms with E-state index in [1.165, 1.54) is 11.3 Å². The third-order valence-corrected chi connectivity index (χ3v) is 5.61. The van der Waals surface area contributed by atoms with E-state index in [1.54, 1.807) is 0 Å². The van der Waals surface area contributed by atoms with Crippen molar-refractivity contribution in [2.24, 2.45) is 0 Å². The minimum Gasteiger partial charge on any atom is -0.347 e. The zero-order valence-corrected chi connectivity index (χ0v) is 15.6. The van der Waals surface area contributed by atoms with Gasteiger partial charge < -0.3 is 5.32 Å². The van der Waals surface area contributed by atoms with Gasteiger partial charge in [0.25, 0.3) is 5.91 Å². The molecule has 0 aliphatic carbocycles. The largest absolute Gasteiger partial charge is 0.347 e. The van der Waals surface area contributed by atoms with Crippen LogP contribution in [0.15, 0.2) is 60.8 Å². The normalized spacial score (nSPS) is 11.0. The van der Waals surface area contributed by atoms with Crippen LogP contribution in [-0.2, 0) is 6.54 Å². The molecule has 2 aromatic carbocycles. The topological polar surface area (TPSA) is 46.4 Å². The molecule has 0 fully saturated rings. The zero-order chi connectivity index (χ0) is 18.1. The number of amides is 1. The third-order valence-electron chi connectivity index (χ3n) is 4.20. The highest BCUT2D eigenvalue weighted by atomic mass is 35.5. The summed E-state index contributed by atoms with van der Waals surface area (Å²) in [5, 5.41) is 3.64. The molecule has 4 rings (SSSR count). The van der Waals surface area contributed by atoms with Crippen molar-refractivity contribution in [3.8, 4) is 11.3 Å². The minimum atomic E-state index is -0.0887. The fourth-order valence-electron chi connectivity index (χ4n) is 2.77. The quantitative estimate of drug-likeness (QED) is 0.543. The lowest BCUT2D eigenvalue weighted by atomic mass is 10.2. The van der Waals surface area contributed by atoms with Gasteiger partial charge in [-0.2, -0.15) is 0 Å². The summed E-state index contributed by atoms with van der Waals surface area (Å²) < 4.78 is 1.98. The summed E-state index contributed by atoms with van der Waals surface area (Å²) in [5.74, 6) is -0.0887. The molecule has 130 valence electrons. The Balaban J connectivity index is 1.55. The number of fused-ring (bicyclic) bond motifs is 1. The van der Waals surface area contributed by atoms with E-state index >= 15 is 0 Å². The van der Waals surface area contributed by atoms with E-state index in [4.69, 9.17) is 11.6 Å². The summed E-state index contributed by atoms with van der Waals surface area (Å²) in [4.78, 5) is 18.7. The molecular formula is C20H16ClN3OS. The molecule has 1 N–H and O–H groups in total. The standard InChI is InChI=1S/C20H16ClN3OS/c1-13-18(19(25)22-11-14-7-9-16(21)10-8-14)26-20-23-17(12-24(13)20)15-5-3-2-4-6-15/h2-10,12H,11H2,1H3,(H,22,25). The van der Waals surface area contributed by atoms with Gasteiger partial charge in [0.2, 0.25) is 0 Å². The van der Waals surface area contributed by atoms with Gasteiger partial charge in [0.05, 0.1) is 5.69 Å². The molecular weight excluding hydrogens is 366 g/mol. The maximum Gasteiger partial charge on any atom is 0.263 e. The van der Waals surface area contributed by atoms with Crippen LogP contribution < -0.4 is 5.32 Å². The Kier molecular flexibility index (Phi) is 4.49. The summed E-state index contributed by atoms with van der Waals surface area (Å²) in [6.07, 6.45) is 1.98. The van der Waals surface area contributed by atoms with Crippen LogP contribution in [0, 0.1) is 6.92 Å². The van der Waals surface area contributed by atoms with Gasteiger partial charge in [0.1, 0.15) is 4.88 Å². The number of benzene rings is 2. The molecule has 0 radical (unpaired) electrons. The van der Waals surface area contributed by atoms with Crippen molar-refractivity contribution in [1.29, 1.82) is 0 Å². The van der Waals surface area contributed by atoms with Gasteiger partial charge in [0.15, 0.2) is 4.96 Å². The van der Waals surface area contributed by atoms with Crippen molar-refractivity contribution < 1.29 is 4.79 Å². The summed E-state index contributed by atoms with van der Waals surface area (Å²) in [7, 11) is 0. The first kappa shape index (κ1) is 16.8. The lowest BCUT2D eigenvalue weighted by Crippen LogP contribution is -2.22. The van der Waals surface area contributed by atoms with E-state index in [0.717, 1.165) is 27.5 Å². The highest BCUT2D eigenvalue weighted by molar-refractivity contribution is 7.19. The van der Waals surface area contributed by atoms with Crippen LogP contribution in [0.25, 0.3) is 16.2 Å². The fourth-order valence-corrected chi connectivity index (χ4v) is 3.93. The maximum absolute atomic E-state index is 12.6. The summed E-state index contributed by atoms with van der Waals surface area (Å²) in [6, 6.07) is 17.5. The van der Waals surface area contributed by atoms with E-state index in [-0.39, 0.29) is 5.91 Å². The molecule has 0 bridgehead atoms. The van der Waals surface area contributed by atoms with Crippen molar-refractivity contribution >= 4 is 33.8 Å². The van der Waals surface area contributed by atoms with E-state index in [2.05, 4.69) is 10.3 Å². The summed E-state index contributed by atoms with van der Waals surface area (Å²) in [5.41, 5.74) is 3.88. The number of nitrogens with one attached hydrogen (secondary N) is 1.